The van der Waals surface area contributed by atoms with Crippen LogP contribution in [-0.4, -0.2) is 39.9 Å². The van der Waals surface area contributed by atoms with Crippen LogP contribution < -0.4 is 5.73 Å². The molecule has 1 heterocycles. The first-order chi connectivity index (χ1) is 10.1. The fraction of sp³-hybridized carbons (Fsp3) is 0.533. The molecule has 2 rings (SSSR count). The highest BCUT2D eigenvalue weighted by Gasteiger charge is 2.20. The summed E-state index contributed by atoms with van der Waals surface area (Å²) < 4.78 is 13.1. The van der Waals surface area contributed by atoms with E-state index in [1.165, 1.54) is 0 Å². The van der Waals surface area contributed by atoms with Gasteiger partial charge in [-0.05, 0) is 43.5 Å². The third-order valence-electron chi connectivity index (χ3n) is 3.61. The van der Waals surface area contributed by atoms with Crippen molar-refractivity contribution in [1.82, 2.24) is 4.90 Å². The highest BCUT2D eigenvalue weighted by atomic mass is 79.9. The Balaban J connectivity index is 0.00000242. The molecule has 0 bridgehead atoms. The molecule has 0 saturated carbocycles. The molecule has 1 aromatic carbocycles. The van der Waals surface area contributed by atoms with E-state index in [4.69, 9.17) is 5.73 Å². The quantitative estimate of drug-likeness (QED) is 0.813. The Labute approximate surface area is 148 Å². The second kappa shape index (κ2) is 9.65. The van der Waals surface area contributed by atoms with Gasteiger partial charge in [-0.1, -0.05) is 15.9 Å². The molecular formula is C15H22BrClN2O2S. The van der Waals surface area contributed by atoms with Crippen molar-refractivity contribution >= 4 is 45.0 Å². The molecule has 0 radical (unpaired) electrons. The van der Waals surface area contributed by atoms with Gasteiger partial charge < -0.3 is 10.6 Å². The number of nitrogens with two attached hydrogens (primary N) is 1. The second-order valence-electron chi connectivity index (χ2n) is 5.35. The zero-order valence-electron chi connectivity index (χ0n) is 12.4. The number of hydrogen-bond acceptors (Lipinski definition) is 3. The Hall–Kier alpha value is -0.430. The monoisotopic (exact) mass is 408 g/mol. The van der Waals surface area contributed by atoms with Crippen LogP contribution in [0.3, 0.4) is 0 Å². The molecule has 1 aromatic rings. The number of carbonyl (C=O) groups is 1. The molecule has 1 aliphatic heterocycles. The maximum Gasteiger partial charge on any atom is 0.222 e. The van der Waals surface area contributed by atoms with E-state index in [9.17, 15) is 9.00 Å². The van der Waals surface area contributed by atoms with Gasteiger partial charge in [-0.3, -0.25) is 9.00 Å². The minimum absolute atomic E-state index is 0. The first-order valence-corrected chi connectivity index (χ1v) is 9.35. The minimum atomic E-state index is -1.04. The SMILES string of the molecule is Cl.NC1CCCN(C(=O)CCCS(=O)c2ccc(Br)cc2)C1. The average molecular weight is 410 g/mol. The Morgan fingerprint density at radius 3 is 2.68 bits per heavy atom. The van der Waals surface area contributed by atoms with E-state index in [2.05, 4.69) is 15.9 Å². The molecule has 1 amide bonds. The summed E-state index contributed by atoms with van der Waals surface area (Å²) in [5.74, 6) is 0.658. The largest absolute Gasteiger partial charge is 0.341 e. The average Bonchev–Trinajstić information content (AvgIpc) is 2.47. The lowest BCUT2D eigenvalue weighted by Crippen LogP contribution is -2.45. The molecule has 0 aromatic heterocycles. The van der Waals surface area contributed by atoms with Gasteiger partial charge in [-0.15, -0.1) is 12.4 Å². The van der Waals surface area contributed by atoms with Gasteiger partial charge in [-0.2, -0.15) is 0 Å². The predicted octanol–water partition coefficient (Wildman–Crippen LogP) is 2.71. The minimum Gasteiger partial charge on any atom is -0.341 e. The maximum atomic E-state index is 12.1. The van der Waals surface area contributed by atoms with Gasteiger partial charge in [0.25, 0.3) is 0 Å². The Morgan fingerprint density at radius 1 is 1.36 bits per heavy atom. The Morgan fingerprint density at radius 2 is 2.05 bits per heavy atom. The summed E-state index contributed by atoms with van der Waals surface area (Å²) in [6, 6.07) is 7.58. The van der Waals surface area contributed by atoms with Gasteiger partial charge in [0.05, 0.1) is 10.8 Å². The molecular weight excluding hydrogens is 388 g/mol. The number of carbonyl (C=O) groups excluding carboxylic acids is 1. The predicted molar refractivity (Wildman–Crippen MR) is 95.7 cm³/mol. The lowest BCUT2D eigenvalue weighted by molar-refractivity contribution is -0.132. The summed E-state index contributed by atoms with van der Waals surface area (Å²) in [5.41, 5.74) is 5.88. The van der Waals surface area contributed by atoms with Crippen LogP contribution in [0.2, 0.25) is 0 Å². The van der Waals surface area contributed by atoms with Gasteiger partial charge >= 0.3 is 0 Å². The van der Waals surface area contributed by atoms with E-state index in [-0.39, 0.29) is 24.4 Å². The standard InChI is InChI=1S/C15H21BrN2O2S.ClH/c16-12-5-7-14(8-6-12)21(20)10-2-4-15(19)18-9-1-3-13(17)11-18;/h5-8,13H,1-4,9-11,17H2;1H. The molecule has 124 valence electrons. The molecule has 1 aliphatic rings. The number of halogens is 2. The van der Waals surface area contributed by atoms with Gasteiger partial charge in [0.1, 0.15) is 0 Å². The summed E-state index contributed by atoms with van der Waals surface area (Å²) in [7, 11) is -1.04. The van der Waals surface area contributed by atoms with Crippen LogP contribution in [0.4, 0.5) is 0 Å². The summed E-state index contributed by atoms with van der Waals surface area (Å²) >= 11 is 3.36. The van der Waals surface area contributed by atoms with Crippen LogP contribution in [-0.2, 0) is 15.6 Å². The zero-order chi connectivity index (χ0) is 15.2. The van der Waals surface area contributed by atoms with Crippen molar-refractivity contribution in [3.8, 4) is 0 Å². The molecule has 1 fully saturated rings. The topological polar surface area (TPSA) is 63.4 Å². The van der Waals surface area contributed by atoms with Crippen LogP contribution >= 0.6 is 28.3 Å². The summed E-state index contributed by atoms with van der Waals surface area (Å²) in [6.45, 7) is 1.47. The number of piperidine rings is 1. The highest BCUT2D eigenvalue weighted by molar-refractivity contribution is 9.10. The lowest BCUT2D eigenvalue weighted by atomic mass is 10.1. The molecule has 0 spiro atoms. The smallest absolute Gasteiger partial charge is 0.222 e. The van der Waals surface area contributed by atoms with Crippen LogP contribution in [0.15, 0.2) is 33.6 Å². The first kappa shape index (κ1) is 19.6. The van der Waals surface area contributed by atoms with Crippen molar-refractivity contribution < 1.29 is 9.00 Å². The van der Waals surface area contributed by atoms with Gasteiger partial charge in [0.2, 0.25) is 5.91 Å². The molecule has 1 saturated heterocycles. The van der Waals surface area contributed by atoms with Crippen molar-refractivity contribution in [3.63, 3.8) is 0 Å². The van der Waals surface area contributed by atoms with Crippen molar-refractivity contribution in [2.45, 2.75) is 36.6 Å². The number of likely N-dealkylation sites (tertiary alicyclic amines) is 1. The second-order valence-corrected chi connectivity index (χ2v) is 7.84. The molecule has 2 atom stereocenters. The number of benzene rings is 1. The van der Waals surface area contributed by atoms with E-state index in [0.717, 1.165) is 28.8 Å². The summed E-state index contributed by atoms with van der Waals surface area (Å²) in [4.78, 5) is 14.7. The van der Waals surface area contributed by atoms with E-state index in [1.54, 1.807) is 0 Å². The van der Waals surface area contributed by atoms with E-state index >= 15 is 0 Å². The van der Waals surface area contributed by atoms with Crippen LogP contribution in [0.25, 0.3) is 0 Å². The fourth-order valence-electron chi connectivity index (χ4n) is 2.45. The third-order valence-corrected chi connectivity index (χ3v) is 5.59. The van der Waals surface area contributed by atoms with Crippen molar-refractivity contribution in [2.75, 3.05) is 18.8 Å². The lowest BCUT2D eigenvalue weighted by Gasteiger charge is -2.30. The maximum absolute atomic E-state index is 12.1. The van der Waals surface area contributed by atoms with E-state index in [1.807, 2.05) is 29.2 Å². The van der Waals surface area contributed by atoms with E-state index < -0.39 is 10.8 Å². The molecule has 4 nitrogen and oxygen atoms in total. The van der Waals surface area contributed by atoms with Crippen LogP contribution in [0.5, 0.6) is 0 Å². The van der Waals surface area contributed by atoms with Gasteiger partial charge in [0, 0.05) is 40.7 Å². The molecule has 7 heteroatoms. The van der Waals surface area contributed by atoms with Gasteiger partial charge in [0.15, 0.2) is 0 Å². The molecule has 22 heavy (non-hydrogen) atoms. The highest BCUT2D eigenvalue weighted by Crippen LogP contribution is 2.15. The van der Waals surface area contributed by atoms with Crippen molar-refractivity contribution in [1.29, 1.82) is 0 Å². The van der Waals surface area contributed by atoms with E-state index in [0.29, 0.717) is 25.1 Å². The van der Waals surface area contributed by atoms with Gasteiger partial charge in [-0.25, -0.2) is 0 Å². The number of nitrogens with zero attached hydrogens (tertiary/aromatic N) is 1. The molecule has 0 aliphatic carbocycles. The van der Waals surface area contributed by atoms with Crippen LogP contribution in [0, 0.1) is 0 Å². The third kappa shape index (κ3) is 5.99. The molecule has 2 unspecified atom stereocenters. The summed E-state index contributed by atoms with van der Waals surface area (Å²) in [5, 5.41) is 0. The number of hydrogen-bond donors (Lipinski definition) is 1. The number of rotatable bonds is 5. The zero-order valence-corrected chi connectivity index (χ0v) is 15.6. The van der Waals surface area contributed by atoms with Crippen LogP contribution in [0.1, 0.15) is 25.7 Å². The normalized spacial score (nSPS) is 19.4. The Bertz CT molecular complexity index is 513. The first-order valence-electron chi connectivity index (χ1n) is 7.23. The fourth-order valence-corrected chi connectivity index (χ4v) is 3.80. The van der Waals surface area contributed by atoms with Crippen molar-refractivity contribution in [3.05, 3.63) is 28.7 Å². The number of amides is 1. The van der Waals surface area contributed by atoms with Crippen molar-refractivity contribution in [2.24, 2.45) is 5.73 Å². The molecule has 2 N–H and O–H groups in total. The Kier molecular flexibility index (Phi) is 8.61. The summed E-state index contributed by atoms with van der Waals surface area (Å²) in [6.07, 6.45) is 3.08.